The van der Waals surface area contributed by atoms with Gasteiger partial charge < -0.3 is 10.6 Å². The molecule has 0 aliphatic heterocycles. The Morgan fingerprint density at radius 3 is 2.67 bits per heavy atom. The van der Waals surface area contributed by atoms with Gasteiger partial charge in [-0.1, -0.05) is 6.42 Å². The Labute approximate surface area is 109 Å². The zero-order chi connectivity index (χ0) is 13.0. The topological polar surface area (TPSA) is 29.3 Å². The molecule has 0 saturated heterocycles. The summed E-state index contributed by atoms with van der Waals surface area (Å²) in [6, 6.07) is 5.31. The molecule has 2 rings (SSSR count). The van der Waals surface area contributed by atoms with E-state index in [4.69, 9.17) is 5.73 Å². The zero-order valence-corrected chi connectivity index (χ0v) is 11.2. The molecule has 0 radical (unpaired) electrons. The van der Waals surface area contributed by atoms with Crippen molar-refractivity contribution in [2.24, 2.45) is 11.7 Å². The van der Waals surface area contributed by atoms with Gasteiger partial charge in [-0.3, -0.25) is 0 Å². The highest BCUT2D eigenvalue weighted by atomic mass is 19.1. The van der Waals surface area contributed by atoms with Gasteiger partial charge in [0.25, 0.3) is 0 Å². The molecule has 0 aromatic heterocycles. The molecular weight excluding hydrogens is 227 g/mol. The molecule has 1 fully saturated rings. The van der Waals surface area contributed by atoms with Gasteiger partial charge in [-0.2, -0.15) is 0 Å². The van der Waals surface area contributed by atoms with Crippen molar-refractivity contribution < 1.29 is 4.39 Å². The van der Waals surface area contributed by atoms with Crippen LogP contribution in [0, 0.1) is 11.7 Å². The highest BCUT2D eigenvalue weighted by molar-refractivity contribution is 5.49. The maximum absolute atomic E-state index is 13.6. The Kier molecular flexibility index (Phi) is 4.59. The maximum atomic E-state index is 13.6. The lowest BCUT2D eigenvalue weighted by atomic mass is 9.85. The van der Waals surface area contributed by atoms with Gasteiger partial charge >= 0.3 is 0 Å². The van der Waals surface area contributed by atoms with Gasteiger partial charge in [0.15, 0.2) is 0 Å². The van der Waals surface area contributed by atoms with Crippen LogP contribution in [0.3, 0.4) is 0 Å². The molecule has 2 nitrogen and oxygen atoms in total. The van der Waals surface area contributed by atoms with Crippen LogP contribution < -0.4 is 10.6 Å². The maximum Gasteiger partial charge on any atom is 0.125 e. The summed E-state index contributed by atoms with van der Waals surface area (Å²) in [6.07, 6.45) is 4.73. The van der Waals surface area contributed by atoms with Gasteiger partial charge in [0.05, 0.1) is 0 Å². The fraction of sp³-hybridized carbons (Fsp3) is 0.600. The standard InChI is InChI=1S/C15H23FN2/c1-2-18(11-12-4-3-5-12)15-9-13(6-7-17)8-14(16)10-15/h8-10,12H,2-7,11,17H2,1H3. The van der Waals surface area contributed by atoms with Crippen LogP contribution in [0.4, 0.5) is 10.1 Å². The van der Waals surface area contributed by atoms with E-state index < -0.39 is 0 Å². The van der Waals surface area contributed by atoms with Crippen LogP contribution in [0.1, 0.15) is 31.7 Å². The lowest BCUT2D eigenvalue weighted by Crippen LogP contribution is -2.32. The van der Waals surface area contributed by atoms with E-state index in [9.17, 15) is 4.39 Å². The van der Waals surface area contributed by atoms with E-state index in [1.807, 2.05) is 0 Å². The molecule has 1 aliphatic rings. The highest BCUT2D eigenvalue weighted by Crippen LogP contribution is 2.29. The first-order valence-corrected chi connectivity index (χ1v) is 6.97. The Morgan fingerprint density at radius 1 is 1.33 bits per heavy atom. The largest absolute Gasteiger partial charge is 0.371 e. The fourth-order valence-electron chi connectivity index (χ4n) is 2.53. The van der Waals surface area contributed by atoms with Crippen molar-refractivity contribution >= 4 is 5.69 Å². The van der Waals surface area contributed by atoms with Crippen molar-refractivity contribution in [1.29, 1.82) is 0 Å². The summed E-state index contributed by atoms with van der Waals surface area (Å²) >= 11 is 0. The van der Waals surface area contributed by atoms with Crippen LogP contribution >= 0.6 is 0 Å². The van der Waals surface area contributed by atoms with Gasteiger partial charge in [-0.25, -0.2) is 4.39 Å². The molecule has 3 heteroatoms. The predicted molar refractivity (Wildman–Crippen MR) is 74.4 cm³/mol. The minimum Gasteiger partial charge on any atom is -0.371 e. The average molecular weight is 250 g/mol. The van der Waals surface area contributed by atoms with Crippen molar-refractivity contribution in [3.63, 3.8) is 0 Å². The molecule has 1 aliphatic carbocycles. The second-order valence-corrected chi connectivity index (χ2v) is 5.19. The van der Waals surface area contributed by atoms with E-state index >= 15 is 0 Å². The summed E-state index contributed by atoms with van der Waals surface area (Å²) in [6.45, 7) is 4.69. The summed E-state index contributed by atoms with van der Waals surface area (Å²) in [5.74, 6) is 0.647. The third-order valence-electron chi connectivity index (χ3n) is 3.83. The minimum absolute atomic E-state index is 0.150. The summed E-state index contributed by atoms with van der Waals surface area (Å²) in [4.78, 5) is 2.28. The molecule has 0 spiro atoms. The van der Waals surface area contributed by atoms with E-state index in [0.29, 0.717) is 6.54 Å². The number of rotatable bonds is 6. The van der Waals surface area contributed by atoms with E-state index in [-0.39, 0.29) is 5.82 Å². The first-order chi connectivity index (χ1) is 8.72. The highest BCUT2D eigenvalue weighted by Gasteiger charge is 2.20. The number of hydrogen-bond donors (Lipinski definition) is 1. The van der Waals surface area contributed by atoms with Crippen molar-refractivity contribution in [3.8, 4) is 0 Å². The molecule has 0 bridgehead atoms. The van der Waals surface area contributed by atoms with Crippen LogP contribution in [-0.4, -0.2) is 19.6 Å². The molecule has 1 aromatic rings. The minimum atomic E-state index is -0.150. The van der Waals surface area contributed by atoms with Crippen LogP contribution in [0.25, 0.3) is 0 Å². The molecule has 1 saturated carbocycles. The summed E-state index contributed by atoms with van der Waals surface area (Å²) < 4.78 is 13.6. The van der Waals surface area contributed by atoms with Crippen molar-refractivity contribution in [1.82, 2.24) is 0 Å². The Morgan fingerprint density at radius 2 is 2.11 bits per heavy atom. The lowest BCUT2D eigenvalue weighted by molar-refractivity contribution is 0.318. The van der Waals surface area contributed by atoms with Crippen LogP contribution in [-0.2, 0) is 6.42 Å². The van der Waals surface area contributed by atoms with Crippen molar-refractivity contribution in [3.05, 3.63) is 29.6 Å². The van der Waals surface area contributed by atoms with Crippen LogP contribution in [0.15, 0.2) is 18.2 Å². The number of nitrogens with zero attached hydrogens (tertiary/aromatic N) is 1. The molecule has 18 heavy (non-hydrogen) atoms. The van der Waals surface area contributed by atoms with Gasteiger partial charge in [0.1, 0.15) is 5.82 Å². The van der Waals surface area contributed by atoms with Gasteiger partial charge in [-0.15, -0.1) is 0 Å². The molecule has 0 atom stereocenters. The second-order valence-electron chi connectivity index (χ2n) is 5.19. The molecular formula is C15H23FN2. The second kappa shape index (κ2) is 6.19. The molecule has 0 unspecified atom stereocenters. The van der Waals surface area contributed by atoms with Crippen LogP contribution in [0.2, 0.25) is 0 Å². The number of benzene rings is 1. The normalized spacial score (nSPS) is 15.5. The van der Waals surface area contributed by atoms with Crippen molar-refractivity contribution in [2.75, 3.05) is 24.5 Å². The fourth-order valence-corrected chi connectivity index (χ4v) is 2.53. The summed E-state index contributed by atoms with van der Waals surface area (Å²) in [5.41, 5.74) is 7.55. The van der Waals surface area contributed by atoms with Gasteiger partial charge in [0.2, 0.25) is 0 Å². The summed E-state index contributed by atoms with van der Waals surface area (Å²) in [7, 11) is 0. The predicted octanol–water partition coefficient (Wildman–Crippen LogP) is 2.95. The first-order valence-electron chi connectivity index (χ1n) is 6.97. The molecule has 2 N–H and O–H groups in total. The van der Waals surface area contributed by atoms with Crippen LogP contribution in [0.5, 0.6) is 0 Å². The molecule has 0 heterocycles. The van der Waals surface area contributed by atoms with E-state index in [1.54, 1.807) is 12.1 Å². The van der Waals surface area contributed by atoms with Gasteiger partial charge in [-0.05, 0) is 62.4 Å². The van der Waals surface area contributed by atoms with E-state index in [2.05, 4.69) is 17.9 Å². The van der Waals surface area contributed by atoms with E-state index in [1.165, 1.54) is 19.3 Å². The lowest BCUT2D eigenvalue weighted by Gasteiger charge is -2.33. The zero-order valence-electron chi connectivity index (χ0n) is 11.2. The SMILES string of the molecule is CCN(CC1CCC1)c1cc(F)cc(CCN)c1. The first kappa shape index (κ1) is 13.3. The number of halogens is 1. The number of nitrogens with two attached hydrogens (primary N) is 1. The Bertz CT molecular complexity index is 388. The molecule has 0 amide bonds. The quantitative estimate of drug-likeness (QED) is 0.841. The summed E-state index contributed by atoms with van der Waals surface area (Å²) in [5, 5.41) is 0. The molecule has 1 aromatic carbocycles. The Balaban J connectivity index is 2.12. The van der Waals surface area contributed by atoms with Crippen molar-refractivity contribution in [2.45, 2.75) is 32.6 Å². The smallest absolute Gasteiger partial charge is 0.125 e. The number of anilines is 1. The van der Waals surface area contributed by atoms with Gasteiger partial charge in [0, 0.05) is 18.8 Å². The Hall–Kier alpha value is -1.09. The molecule has 100 valence electrons. The third-order valence-corrected chi connectivity index (χ3v) is 3.83. The average Bonchev–Trinajstić information content (AvgIpc) is 2.27. The van der Waals surface area contributed by atoms with E-state index in [0.717, 1.165) is 36.7 Å². The monoisotopic (exact) mass is 250 g/mol. The third kappa shape index (κ3) is 3.22. The number of hydrogen-bond acceptors (Lipinski definition) is 2.